The van der Waals surface area contributed by atoms with E-state index in [2.05, 4.69) is 15.3 Å². The van der Waals surface area contributed by atoms with E-state index in [0.717, 1.165) is 71.7 Å². The maximum absolute atomic E-state index is 13.2. The minimum atomic E-state index is -0.116. The molecular formula is C24H32N8O2S2. The van der Waals surface area contributed by atoms with Crippen LogP contribution in [0, 0.1) is 5.92 Å². The van der Waals surface area contributed by atoms with E-state index < -0.39 is 0 Å². The van der Waals surface area contributed by atoms with Gasteiger partial charge in [0, 0.05) is 31.8 Å². The van der Waals surface area contributed by atoms with Gasteiger partial charge in [-0.1, -0.05) is 36.4 Å². The number of aromatic nitrogens is 4. The van der Waals surface area contributed by atoms with Gasteiger partial charge in [0.05, 0.1) is 36.1 Å². The molecule has 1 aliphatic carbocycles. The minimum Gasteiger partial charge on any atom is -0.356 e. The Labute approximate surface area is 219 Å². The van der Waals surface area contributed by atoms with Crippen LogP contribution >= 0.6 is 23.5 Å². The van der Waals surface area contributed by atoms with Crippen molar-refractivity contribution >= 4 is 57.4 Å². The molecule has 12 heteroatoms. The maximum atomic E-state index is 13.2. The van der Waals surface area contributed by atoms with Crippen molar-refractivity contribution in [2.45, 2.75) is 68.7 Å². The fourth-order valence-corrected chi connectivity index (χ4v) is 7.35. The molecule has 3 fully saturated rings. The summed E-state index contributed by atoms with van der Waals surface area (Å²) in [5.41, 5.74) is 0.805. The molecule has 1 saturated carbocycles. The van der Waals surface area contributed by atoms with Gasteiger partial charge in [-0.2, -0.15) is 5.10 Å². The van der Waals surface area contributed by atoms with Crippen LogP contribution in [0.15, 0.2) is 16.3 Å². The van der Waals surface area contributed by atoms with Crippen molar-refractivity contribution in [2.75, 3.05) is 36.5 Å². The first kappa shape index (κ1) is 24.0. The summed E-state index contributed by atoms with van der Waals surface area (Å²) < 4.78 is 1.85. The van der Waals surface area contributed by atoms with E-state index in [1.807, 2.05) is 22.0 Å². The first-order valence-electron chi connectivity index (χ1n) is 12.9. The lowest BCUT2D eigenvalue weighted by atomic mass is 9.83. The number of aliphatic imine (C=N–C) groups is 1. The number of amidine groups is 1. The molecule has 1 N–H and O–H groups in total. The van der Waals surface area contributed by atoms with Crippen molar-refractivity contribution in [3.8, 4) is 0 Å². The number of amides is 2. The Bertz CT molecular complexity index is 1190. The summed E-state index contributed by atoms with van der Waals surface area (Å²) in [5.74, 6) is 1.82. The Kier molecular flexibility index (Phi) is 6.80. The van der Waals surface area contributed by atoms with E-state index >= 15 is 0 Å². The molecule has 36 heavy (non-hydrogen) atoms. The van der Waals surface area contributed by atoms with Crippen molar-refractivity contribution in [3.05, 3.63) is 6.20 Å². The predicted molar refractivity (Wildman–Crippen MR) is 142 cm³/mol. The van der Waals surface area contributed by atoms with Gasteiger partial charge in [0.2, 0.25) is 11.8 Å². The Hall–Kier alpha value is -2.34. The number of hydrogen-bond donors (Lipinski definition) is 1. The third kappa shape index (κ3) is 4.46. The number of thioether (sulfide) groups is 2. The van der Waals surface area contributed by atoms with Gasteiger partial charge in [0.25, 0.3) is 0 Å². The Morgan fingerprint density at radius 3 is 2.86 bits per heavy atom. The van der Waals surface area contributed by atoms with Gasteiger partial charge < -0.3 is 10.2 Å². The second kappa shape index (κ2) is 10.2. The molecule has 3 aliphatic heterocycles. The van der Waals surface area contributed by atoms with Crippen molar-refractivity contribution in [1.82, 2.24) is 30.0 Å². The van der Waals surface area contributed by atoms with Crippen LogP contribution < -0.4 is 10.2 Å². The average Bonchev–Trinajstić information content (AvgIpc) is 3.65. The zero-order chi connectivity index (χ0) is 24.6. The summed E-state index contributed by atoms with van der Waals surface area (Å²) >= 11 is 3.14. The normalized spacial score (nSPS) is 25.8. The van der Waals surface area contributed by atoms with Gasteiger partial charge in [-0.05, 0) is 31.9 Å². The molecule has 3 unspecified atom stereocenters. The molecule has 0 spiro atoms. The van der Waals surface area contributed by atoms with Crippen LogP contribution in [0.1, 0.15) is 44.9 Å². The van der Waals surface area contributed by atoms with Gasteiger partial charge in [0.1, 0.15) is 5.82 Å². The van der Waals surface area contributed by atoms with Crippen LogP contribution in [0.5, 0.6) is 0 Å². The summed E-state index contributed by atoms with van der Waals surface area (Å²) in [4.78, 5) is 44.5. The second-order valence-electron chi connectivity index (χ2n) is 9.93. The molecular weight excluding hydrogens is 496 g/mol. The van der Waals surface area contributed by atoms with Crippen LogP contribution in [-0.2, 0) is 16.1 Å². The molecule has 0 bridgehead atoms. The molecule has 2 aromatic rings. The van der Waals surface area contributed by atoms with E-state index in [0.29, 0.717) is 19.5 Å². The van der Waals surface area contributed by atoms with E-state index in [1.54, 1.807) is 11.8 Å². The number of anilines is 1. The highest BCUT2D eigenvalue weighted by molar-refractivity contribution is 8.14. The first-order chi connectivity index (χ1) is 17.6. The number of rotatable bonds is 7. The number of carbonyl (C=O) groups excluding carboxylic acids is 2. The van der Waals surface area contributed by atoms with Crippen molar-refractivity contribution < 1.29 is 9.59 Å². The lowest BCUT2D eigenvalue weighted by Crippen LogP contribution is -2.51. The lowest BCUT2D eigenvalue weighted by molar-refractivity contribution is -0.135. The number of hydrogen-bond acceptors (Lipinski definition) is 9. The molecule has 5 heterocycles. The lowest BCUT2D eigenvalue weighted by Gasteiger charge is -2.37. The van der Waals surface area contributed by atoms with Crippen LogP contribution in [0.25, 0.3) is 11.0 Å². The molecule has 192 valence electrons. The Morgan fingerprint density at radius 2 is 2.03 bits per heavy atom. The van der Waals surface area contributed by atoms with Crippen molar-refractivity contribution in [1.29, 1.82) is 0 Å². The minimum absolute atomic E-state index is 0.00141. The summed E-state index contributed by atoms with van der Waals surface area (Å²) in [6.45, 7) is 2.99. The second-order valence-corrected chi connectivity index (χ2v) is 11.7. The third-order valence-electron chi connectivity index (χ3n) is 7.65. The topological polar surface area (TPSA) is 109 Å². The van der Waals surface area contributed by atoms with Gasteiger partial charge >= 0.3 is 0 Å². The summed E-state index contributed by atoms with van der Waals surface area (Å²) in [7, 11) is 0. The fraction of sp³-hybridized carbons (Fsp3) is 0.667. The van der Waals surface area contributed by atoms with E-state index in [-0.39, 0.29) is 29.8 Å². The monoisotopic (exact) mass is 528 g/mol. The molecule has 10 nitrogen and oxygen atoms in total. The third-order valence-corrected chi connectivity index (χ3v) is 9.31. The van der Waals surface area contributed by atoms with Crippen molar-refractivity contribution in [2.24, 2.45) is 10.9 Å². The number of carbonyl (C=O) groups is 2. The summed E-state index contributed by atoms with van der Waals surface area (Å²) in [6, 6.07) is 0.0254. The van der Waals surface area contributed by atoms with E-state index in [1.165, 1.54) is 24.6 Å². The molecule has 0 radical (unpaired) electrons. The highest BCUT2D eigenvalue weighted by Gasteiger charge is 2.45. The van der Waals surface area contributed by atoms with Crippen LogP contribution in [0.2, 0.25) is 0 Å². The van der Waals surface area contributed by atoms with Crippen molar-refractivity contribution in [3.63, 3.8) is 0 Å². The van der Waals surface area contributed by atoms with E-state index in [4.69, 9.17) is 15.0 Å². The zero-order valence-electron chi connectivity index (χ0n) is 20.6. The molecule has 2 saturated heterocycles. The van der Waals surface area contributed by atoms with Gasteiger partial charge in [-0.15, -0.1) is 0 Å². The average molecular weight is 529 g/mol. The molecule has 2 aromatic heterocycles. The maximum Gasteiger partial charge on any atom is 0.234 e. The largest absolute Gasteiger partial charge is 0.356 e. The fourth-order valence-electron chi connectivity index (χ4n) is 5.80. The standard InChI is InChI=1S/C24H32N8O2S2/c1-35-23-28-20(30-9-4-5-10-30)17-13-26-31(21(17)29-23)11-8-25-19(33)12-15-14-36-24-27-18-7-3-2-6-16(18)22(34)32(15)24/h13,15-16,18H,2-12,14H2,1H3,(H,25,33). The summed E-state index contributed by atoms with van der Waals surface area (Å²) in [5, 5.41) is 10.1. The highest BCUT2D eigenvalue weighted by atomic mass is 32.2. The number of nitrogens with one attached hydrogen (secondary N) is 1. The van der Waals surface area contributed by atoms with Gasteiger partial charge in [0.15, 0.2) is 16.0 Å². The molecule has 4 aliphatic rings. The first-order valence-corrected chi connectivity index (χ1v) is 15.2. The quantitative estimate of drug-likeness (QED) is 0.431. The Morgan fingerprint density at radius 1 is 1.19 bits per heavy atom. The zero-order valence-corrected chi connectivity index (χ0v) is 22.2. The highest BCUT2D eigenvalue weighted by Crippen LogP contribution is 2.38. The molecule has 0 aromatic carbocycles. The van der Waals surface area contributed by atoms with Gasteiger partial charge in [-0.25, -0.2) is 14.6 Å². The molecule has 3 atom stereocenters. The number of nitrogens with zero attached hydrogens (tertiary/aromatic N) is 7. The van der Waals surface area contributed by atoms with Gasteiger partial charge in [-0.3, -0.25) is 19.5 Å². The van der Waals surface area contributed by atoms with Crippen LogP contribution in [0.4, 0.5) is 5.82 Å². The molecule has 2 amide bonds. The Balaban J connectivity index is 1.09. The van der Waals surface area contributed by atoms with E-state index in [9.17, 15) is 9.59 Å². The smallest absolute Gasteiger partial charge is 0.234 e. The summed E-state index contributed by atoms with van der Waals surface area (Å²) in [6.07, 6.45) is 10.6. The predicted octanol–water partition coefficient (Wildman–Crippen LogP) is 2.53. The SMILES string of the molecule is CSc1nc(N2CCCC2)c2cnn(CCNC(=O)CC3CSC4=NC5CCCCC5C(=O)N43)c2n1. The molecule has 6 rings (SSSR count). The van der Waals surface area contributed by atoms with Crippen LogP contribution in [-0.4, -0.2) is 85.4 Å². The number of fused-ring (bicyclic) bond motifs is 3. The van der Waals surface area contributed by atoms with Crippen LogP contribution in [0.3, 0.4) is 0 Å².